The molecule has 0 heterocycles. The van der Waals surface area contributed by atoms with Gasteiger partial charge < -0.3 is 15.0 Å². The van der Waals surface area contributed by atoms with Crippen molar-refractivity contribution in [2.45, 2.75) is 13.3 Å². The van der Waals surface area contributed by atoms with Gasteiger partial charge in [0.25, 0.3) is 0 Å². The first kappa shape index (κ1) is 11.2. The van der Waals surface area contributed by atoms with Gasteiger partial charge in [-0.25, -0.2) is 4.79 Å². The van der Waals surface area contributed by atoms with Gasteiger partial charge in [0.2, 0.25) is 0 Å². The van der Waals surface area contributed by atoms with Gasteiger partial charge in [-0.05, 0) is 6.42 Å². The van der Waals surface area contributed by atoms with Crippen molar-refractivity contribution in [3.63, 3.8) is 0 Å². The smallest absolute Gasteiger partial charge is 0.317 e. The van der Waals surface area contributed by atoms with E-state index >= 15 is 0 Å². The third-order valence-electron chi connectivity index (χ3n) is 1.56. The summed E-state index contributed by atoms with van der Waals surface area (Å²) in [5.74, 6) is 0. The Bertz CT molecular complexity index is 128. The number of carbonyl (C=O) groups excluding carboxylic acids is 1. The lowest BCUT2D eigenvalue weighted by molar-refractivity contribution is 0.150. The Labute approximate surface area is 73.9 Å². The number of urea groups is 1. The zero-order valence-electron chi connectivity index (χ0n) is 8.09. The van der Waals surface area contributed by atoms with E-state index in [1.807, 2.05) is 6.92 Å². The molecule has 0 saturated heterocycles. The van der Waals surface area contributed by atoms with Gasteiger partial charge >= 0.3 is 6.03 Å². The lowest BCUT2D eigenvalue weighted by Crippen LogP contribution is -2.40. The number of methoxy groups -OCH3 is 1. The van der Waals surface area contributed by atoms with Crippen LogP contribution in [0.3, 0.4) is 0 Å². The van der Waals surface area contributed by atoms with Crippen LogP contribution in [0.2, 0.25) is 0 Å². The van der Waals surface area contributed by atoms with E-state index in [4.69, 9.17) is 4.74 Å². The van der Waals surface area contributed by atoms with E-state index in [0.29, 0.717) is 13.2 Å². The predicted octanol–water partition coefficient (Wildman–Crippen LogP) is 0.684. The summed E-state index contributed by atoms with van der Waals surface area (Å²) in [5.41, 5.74) is 0. The summed E-state index contributed by atoms with van der Waals surface area (Å²) in [7, 11) is 3.27. The molecule has 0 atom stereocenters. The third-order valence-corrected chi connectivity index (χ3v) is 1.56. The van der Waals surface area contributed by atoms with Gasteiger partial charge in [-0.1, -0.05) is 6.92 Å². The molecule has 72 valence electrons. The molecule has 0 fully saturated rings. The summed E-state index contributed by atoms with van der Waals surface area (Å²) < 4.78 is 4.89. The maximum atomic E-state index is 11.2. The van der Waals surface area contributed by atoms with Crippen molar-refractivity contribution in [3.05, 3.63) is 0 Å². The summed E-state index contributed by atoms with van der Waals surface area (Å²) in [6.07, 6.45) is 0.969. The minimum absolute atomic E-state index is 0.0334. The molecule has 0 aromatic rings. The zero-order chi connectivity index (χ0) is 9.40. The number of amides is 2. The van der Waals surface area contributed by atoms with Gasteiger partial charge in [0, 0.05) is 27.2 Å². The van der Waals surface area contributed by atoms with Crippen molar-refractivity contribution in [1.82, 2.24) is 10.2 Å². The van der Waals surface area contributed by atoms with Crippen LogP contribution in [0, 0.1) is 0 Å². The first-order valence-corrected chi connectivity index (χ1v) is 4.21. The number of hydrogen-bond acceptors (Lipinski definition) is 2. The Balaban J connectivity index is 3.76. The molecule has 0 aliphatic carbocycles. The Morgan fingerprint density at radius 2 is 2.17 bits per heavy atom. The molecule has 0 aromatic carbocycles. The highest BCUT2D eigenvalue weighted by Crippen LogP contribution is 1.91. The summed E-state index contributed by atoms with van der Waals surface area (Å²) in [5, 5.41) is 2.59. The lowest BCUT2D eigenvalue weighted by atomic mass is 10.4. The lowest BCUT2D eigenvalue weighted by Gasteiger charge is -2.20. The summed E-state index contributed by atoms with van der Waals surface area (Å²) in [6.45, 7) is 4.07. The monoisotopic (exact) mass is 174 g/mol. The van der Waals surface area contributed by atoms with E-state index in [-0.39, 0.29) is 6.03 Å². The van der Waals surface area contributed by atoms with Gasteiger partial charge in [-0.2, -0.15) is 0 Å². The number of hydrogen-bond donors (Lipinski definition) is 1. The second kappa shape index (κ2) is 6.91. The average molecular weight is 174 g/mol. The molecule has 0 aromatic heterocycles. The zero-order valence-corrected chi connectivity index (χ0v) is 8.09. The van der Waals surface area contributed by atoms with Crippen LogP contribution in [0.4, 0.5) is 4.79 Å². The van der Waals surface area contributed by atoms with E-state index in [0.717, 1.165) is 13.0 Å². The van der Waals surface area contributed by atoms with Crippen molar-refractivity contribution in [1.29, 1.82) is 0 Å². The van der Waals surface area contributed by atoms with Crippen LogP contribution in [0.25, 0.3) is 0 Å². The molecule has 0 aliphatic rings. The number of rotatable bonds is 5. The van der Waals surface area contributed by atoms with Crippen molar-refractivity contribution in [2.75, 3.05) is 33.9 Å². The highest BCUT2D eigenvalue weighted by Gasteiger charge is 2.08. The van der Waals surface area contributed by atoms with Gasteiger partial charge in [0.05, 0.1) is 6.61 Å². The first-order valence-electron chi connectivity index (χ1n) is 4.21. The molecule has 2 amide bonds. The molecular formula is C8H18N2O2. The average Bonchev–Trinajstić information content (AvgIpc) is 2.11. The minimum atomic E-state index is -0.0334. The van der Waals surface area contributed by atoms with Crippen molar-refractivity contribution in [2.24, 2.45) is 0 Å². The topological polar surface area (TPSA) is 41.6 Å². The number of carbonyl (C=O) groups is 1. The van der Waals surface area contributed by atoms with Gasteiger partial charge in [-0.3, -0.25) is 0 Å². The van der Waals surface area contributed by atoms with Crippen molar-refractivity contribution in [3.8, 4) is 0 Å². The highest BCUT2D eigenvalue weighted by atomic mass is 16.5. The standard InChI is InChI=1S/C8H18N2O2/c1-4-5-10(6-7-12-3)8(11)9-2/h4-7H2,1-3H3,(H,9,11). The fraction of sp³-hybridized carbons (Fsp3) is 0.875. The van der Waals surface area contributed by atoms with Crippen molar-refractivity contribution < 1.29 is 9.53 Å². The van der Waals surface area contributed by atoms with E-state index < -0.39 is 0 Å². The molecule has 4 nitrogen and oxygen atoms in total. The van der Waals surface area contributed by atoms with E-state index in [1.54, 1.807) is 19.1 Å². The second-order valence-corrected chi connectivity index (χ2v) is 2.54. The predicted molar refractivity (Wildman–Crippen MR) is 48.2 cm³/mol. The van der Waals surface area contributed by atoms with Crippen LogP contribution >= 0.6 is 0 Å². The molecular weight excluding hydrogens is 156 g/mol. The van der Waals surface area contributed by atoms with Crippen LogP contribution in [0.5, 0.6) is 0 Å². The maximum absolute atomic E-state index is 11.2. The largest absolute Gasteiger partial charge is 0.383 e. The fourth-order valence-corrected chi connectivity index (χ4v) is 0.944. The minimum Gasteiger partial charge on any atom is -0.383 e. The molecule has 0 saturated carbocycles. The normalized spacial score (nSPS) is 9.58. The second-order valence-electron chi connectivity index (χ2n) is 2.54. The van der Waals surface area contributed by atoms with Crippen LogP contribution in [-0.2, 0) is 4.74 Å². The summed E-state index contributed by atoms with van der Waals surface area (Å²) in [4.78, 5) is 12.9. The first-order chi connectivity index (χ1) is 5.76. The molecule has 12 heavy (non-hydrogen) atoms. The molecule has 0 spiro atoms. The molecule has 4 heteroatoms. The fourth-order valence-electron chi connectivity index (χ4n) is 0.944. The van der Waals surface area contributed by atoms with Crippen LogP contribution < -0.4 is 5.32 Å². The van der Waals surface area contributed by atoms with Gasteiger partial charge in [0.1, 0.15) is 0 Å². The Morgan fingerprint density at radius 3 is 2.58 bits per heavy atom. The van der Waals surface area contributed by atoms with Crippen LogP contribution in [0.15, 0.2) is 0 Å². The molecule has 0 unspecified atom stereocenters. The van der Waals surface area contributed by atoms with Crippen LogP contribution in [-0.4, -0.2) is 44.8 Å². The Morgan fingerprint density at radius 1 is 1.50 bits per heavy atom. The number of ether oxygens (including phenoxy) is 1. The van der Waals surface area contributed by atoms with Crippen LogP contribution in [0.1, 0.15) is 13.3 Å². The SMILES string of the molecule is CCCN(CCOC)C(=O)NC. The van der Waals surface area contributed by atoms with E-state index in [1.165, 1.54) is 0 Å². The van der Waals surface area contributed by atoms with Crippen molar-refractivity contribution >= 4 is 6.03 Å². The summed E-state index contributed by atoms with van der Waals surface area (Å²) >= 11 is 0. The quantitative estimate of drug-likeness (QED) is 0.666. The third kappa shape index (κ3) is 4.18. The number of nitrogens with zero attached hydrogens (tertiary/aromatic N) is 1. The van der Waals surface area contributed by atoms with E-state index in [9.17, 15) is 4.79 Å². The van der Waals surface area contributed by atoms with Gasteiger partial charge in [-0.15, -0.1) is 0 Å². The molecule has 1 N–H and O–H groups in total. The molecule has 0 bridgehead atoms. The molecule has 0 radical (unpaired) electrons. The Kier molecular flexibility index (Phi) is 6.47. The van der Waals surface area contributed by atoms with E-state index in [2.05, 4.69) is 5.32 Å². The highest BCUT2D eigenvalue weighted by molar-refractivity contribution is 5.73. The Hall–Kier alpha value is -0.770. The molecule has 0 rings (SSSR count). The molecule has 0 aliphatic heterocycles. The van der Waals surface area contributed by atoms with Gasteiger partial charge in [0.15, 0.2) is 0 Å². The summed E-state index contributed by atoms with van der Waals surface area (Å²) in [6, 6.07) is -0.0334. The number of nitrogens with one attached hydrogen (secondary N) is 1. The maximum Gasteiger partial charge on any atom is 0.317 e.